The average Bonchev–Trinajstić information content (AvgIpc) is 2.73. The second kappa shape index (κ2) is 11.4. The molecule has 1 aromatic carbocycles. The molecule has 2 aromatic rings. The summed E-state index contributed by atoms with van der Waals surface area (Å²) in [6, 6.07) is 10.6. The van der Waals surface area contributed by atoms with Crippen LogP contribution < -0.4 is 26.6 Å². The Morgan fingerprint density at radius 2 is 1.83 bits per heavy atom. The molecule has 0 saturated carbocycles. The minimum Gasteiger partial charge on any atom is -0.473 e. The molecule has 9 nitrogen and oxygen atoms in total. The van der Waals surface area contributed by atoms with Crippen LogP contribution in [0.5, 0.6) is 5.75 Å². The maximum absolute atomic E-state index is 12.0. The molecule has 3 N–H and O–H groups in total. The molecule has 0 aliphatic carbocycles. The zero-order valence-corrected chi connectivity index (χ0v) is 17.1. The molecule has 0 aliphatic rings. The van der Waals surface area contributed by atoms with E-state index in [4.69, 9.17) is 9.47 Å². The smallest absolute Gasteiger partial charge is 0.332 e. The Morgan fingerprint density at radius 1 is 1.10 bits per heavy atom. The molecule has 2 unspecified atom stereocenters. The molecule has 2 atom stereocenters. The van der Waals surface area contributed by atoms with Crippen molar-refractivity contribution in [1.82, 2.24) is 14.5 Å². The summed E-state index contributed by atoms with van der Waals surface area (Å²) in [6.07, 6.45) is -0.975. The van der Waals surface area contributed by atoms with Gasteiger partial charge in [-0.05, 0) is 19.1 Å². The summed E-state index contributed by atoms with van der Waals surface area (Å²) in [7, 11) is 3.03. The van der Waals surface area contributed by atoms with Crippen molar-refractivity contribution in [2.45, 2.75) is 25.7 Å². The lowest BCUT2D eigenvalue weighted by molar-refractivity contribution is -0.00551. The highest BCUT2D eigenvalue weighted by molar-refractivity contribution is 5.33. The molecule has 0 amide bonds. The van der Waals surface area contributed by atoms with Crippen molar-refractivity contribution < 1.29 is 14.6 Å². The number of benzene rings is 1. The first kappa shape index (κ1) is 22.7. The Kier molecular flexibility index (Phi) is 8.91. The van der Waals surface area contributed by atoms with Crippen molar-refractivity contribution in [1.29, 1.82) is 0 Å². The zero-order valence-electron chi connectivity index (χ0n) is 17.1. The molecule has 0 bridgehead atoms. The predicted molar refractivity (Wildman–Crippen MR) is 111 cm³/mol. The fourth-order valence-corrected chi connectivity index (χ4v) is 2.71. The maximum atomic E-state index is 12.0. The van der Waals surface area contributed by atoms with E-state index in [1.54, 1.807) is 7.05 Å². The summed E-state index contributed by atoms with van der Waals surface area (Å²) in [6.45, 7) is 3.78. The van der Waals surface area contributed by atoms with E-state index in [1.807, 2.05) is 37.3 Å². The number of ether oxygens (including phenoxy) is 2. The highest BCUT2D eigenvalue weighted by Crippen LogP contribution is 2.13. The van der Waals surface area contributed by atoms with Gasteiger partial charge in [0.05, 0.1) is 0 Å². The lowest BCUT2D eigenvalue weighted by atomic mass is 10.2. The first-order chi connectivity index (χ1) is 13.9. The molecule has 0 aliphatic heterocycles. The number of rotatable bonds is 12. The Morgan fingerprint density at radius 3 is 2.52 bits per heavy atom. The number of anilines is 1. The summed E-state index contributed by atoms with van der Waals surface area (Å²) < 4.78 is 13.6. The van der Waals surface area contributed by atoms with Crippen LogP contribution in [0.15, 0.2) is 46.0 Å². The van der Waals surface area contributed by atoms with Gasteiger partial charge in [0.2, 0.25) is 0 Å². The van der Waals surface area contributed by atoms with Gasteiger partial charge < -0.3 is 19.9 Å². The van der Waals surface area contributed by atoms with Gasteiger partial charge >= 0.3 is 5.69 Å². The van der Waals surface area contributed by atoms with Gasteiger partial charge in [0.15, 0.2) is 6.23 Å². The fraction of sp³-hybridized carbons (Fsp3) is 0.500. The van der Waals surface area contributed by atoms with Gasteiger partial charge in [0, 0.05) is 52.9 Å². The predicted octanol–water partition coefficient (Wildman–Crippen LogP) is 0.278. The Bertz CT molecular complexity index is 865. The Hall–Kier alpha value is -2.62. The van der Waals surface area contributed by atoms with E-state index in [0.29, 0.717) is 44.3 Å². The molecule has 0 fully saturated rings. The Labute approximate surface area is 169 Å². The van der Waals surface area contributed by atoms with Crippen LogP contribution >= 0.6 is 0 Å². The second-order valence-electron chi connectivity index (χ2n) is 6.55. The van der Waals surface area contributed by atoms with Crippen LogP contribution in [0.25, 0.3) is 0 Å². The number of nitrogens with one attached hydrogen (secondary N) is 2. The lowest BCUT2D eigenvalue weighted by Gasteiger charge is -2.25. The van der Waals surface area contributed by atoms with Gasteiger partial charge in [-0.3, -0.25) is 19.2 Å². The number of hydrogen-bond acceptors (Lipinski definition) is 7. The quantitative estimate of drug-likeness (QED) is 0.343. The average molecular weight is 406 g/mol. The van der Waals surface area contributed by atoms with Crippen molar-refractivity contribution >= 4 is 5.82 Å². The largest absolute Gasteiger partial charge is 0.473 e. The molecular formula is C20H30N4O5. The van der Waals surface area contributed by atoms with Crippen LogP contribution in [-0.4, -0.2) is 52.9 Å². The molecule has 1 aromatic heterocycles. The maximum Gasteiger partial charge on any atom is 0.332 e. The molecule has 9 heteroatoms. The van der Waals surface area contributed by atoms with E-state index >= 15 is 0 Å². The van der Waals surface area contributed by atoms with E-state index in [9.17, 15) is 14.7 Å². The molecular weight excluding hydrogens is 376 g/mol. The zero-order chi connectivity index (χ0) is 21.2. The van der Waals surface area contributed by atoms with Crippen LogP contribution in [0.3, 0.4) is 0 Å². The molecule has 0 saturated heterocycles. The van der Waals surface area contributed by atoms with Gasteiger partial charge in [-0.25, -0.2) is 4.79 Å². The van der Waals surface area contributed by atoms with E-state index in [2.05, 4.69) is 10.6 Å². The summed E-state index contributed by atoms with van der Waals surface area (Å²) in [5.74, 6) is 1.07. The SMILES string of the molecule is CCOCCC(O)C(NCCNc1cc(=O)n(C)c(=O)n1C)Oc1ccccc1. The molecule has 29 heavy (non-hydrogen) atoms. The van der Waals surface area contributed by atoms with Gasteiger partial charge in [-0.2, -0.15) is 0 Å². The van der Waals surface area contributed by atoms with Crippen LogP contribution in [-0.2, 0) is 18.8 Å². The van der Waals surface area contributed by atoms with E-state index in [1.165, 1.54) is 17.7 Å². The summed E-state index contributed by atoms with van der Waals surface area (Å²) in [5.41, 5.74) is -0.773. The van der Waals surface area contributed by atoms with Gasteiger partial charge in [-0.1, -0.05) is 18.2 Å². The number of hydrogen-bond donors (Lipinski definition) is 3. The third-order valence-corrected chi connectivity index (χ3v) is 4.42. The number of aliphatic hydroxyl groups is 1. The minimum atomic E-state index is -0.768. The lowest BCUT2D eigenvalue weighted by Crippen LogP contribution is -2.46. The first-order valence-electron chi connectivity index (χ1n) is 9.65. The van der Waals surface area contributed by atoms with Gasteiger partial charge in [0.1, 0.15) is 17.7 Å². The monoisotopic (exact) mass is 406 g/mol. The number of aromatic nitrogens is 2. The fourth-order valence-electron chi connectivity index (χ4n) is 2.71. The molecule has 160 valence electrons. The number of para-hydroxylation sites is 1. The molecule has 1 heterocycles. The molecule has 0 radical (unpaired) electrons. The third kappa shape index (κ3) is 6.74. The number of nitrogens with zero attached hydrogens (tertiary/aromatic N) is 2. The van der Waals surface area contributed by atoms with Crippen LogP contribution in [0.2, 0.25) is 0 Å². The van der Waals surface area contributed by atoms with Crippen molar-refractivity contribution in [3.63, 3.8) is 0 Å². The van der Waals surface area contributed by atoms with Crippen LogP contribution in [0.1, 0.15) is 13.3 Å². The van der Waals surface area contributed by atoms with Crippen molar-refractivity contribution in [2.75, 3.05) is 31.6 Å². The van der Waals surface area contributed by atoms with Crippen molar-refractivity contribution in [2.24, 2.45) is 14.1 Å². The normalized spacial score (nSPS) is 13.1. The first-order valence-corrected chi connectivity index (χ1v) is 9.65. The van der Waals surface area contributed by atoms with E-state index in [-0.39, 0.29) is 5.56 Å². The molecule has 0 spiro atoms. The van der Waals surface area contributed by atoms with Gasteiger partial charge in [0.25, 0.3) is 5.56 Å². The second-order valence-corrected chi connectivity index (χ2v) is 6.55. The Balaban J connectivity index is 1.95. The van der Waals surface area contributed by atoms with Crippen molar-refractivity contribution in [3.8, 4) is 5.75 Å². The standard InChI is InChI=1S/C20H30N4O5/c1-4-28-13-10-16(25)19(29-15-8-6-5-7-9-15)22-12-11-21-17-14-18(26)24(3)20(27)23(17)2/h5-9,14,16,19,21-22,25H,4,10-13H2,1-3H3. The highest BCUT2D eigenvalue weighted by atomic mass is 16.5. The summed E-state index contributed by atoms with van der Waals surface area (Å²) in [5, 5.41) is 16.7. The molecule has 2 rings (SSSR count). The van der Waals surface area contributed by atoms with E-state index < -0.39 is 18.0 Å². The third-order valence-electron chi connectivity index (χ3n) is 4.42. The topological polar surface area (TPSA) is 107 Å². The summed E-state index contributed by atoms with van der Waals surface area (Å²) in [4.78, 5) is 23.8. The summed E-state index contributed by atoms with van der Waals surface area (Å²) >= 11 is 0. The van der Waals surface area contributed by atoms with E-state index in [0.717, 1.165) is 4.57 Å². The minimum absolute atomic E-state index is 0.375. The highest BCUT2D eigenvalue weighted by Gasteiger charge is 2.20. The van der Waals surface area contributed by atoms with Crippen molar-refractivity contribution in [3.05, 3.63) is 57.2 Å². The number of aliphatic hydroxyl groups excluding tert-OH is 1. The van der Waals surface area contributed by atoms with Crippen LogP contribution in [0, 0.1) is 0 Å². The van der Waals surface area contributed by atoms with Gasteiger partial charge in [-0.15, -0.1) is 0 Å². The van der Waals surface area contributed by atoms with Crippen LogP contribution in [0.4, 0.5) is 5.82 Å².